The first-order valence-corrected chi connectivity index (χ1v) is 9.38. The van der Waals surface area contributed by atoms with Crippen molar-refractivity contribution in [2.24, 2.45) is 0 Å². The molecule has 1 unspecified atom stereocenters. The van der Waals surface area contributed by atoms with E-state index in [1.807, 2.05) is 0 Å². The molecule has 2 N–H and O–H groups in total. The lowest BCUT2D eigenvalue weighted by molar-refractivity contribution is -0.121. The van der Waals surface area contributed by atoms with E-state index in [-0.39, 0.29) is 24.3 Å². The molecule has 9 heteroatoms. The maximum atomic E-state index is 12.5. The number of benzene rings is 1. The summed E-state index contributed by atoms with van der Waals surface area (Å²) < 4.78 is 17.2. The molecule has 2 aromatic rings. The molecule has 9 nitrogen and oxygen atoms in total. The fourth-order valence-corrected chi connectivity index (χ4v) is 3.34. The summed E-state index contributed by atoms with van der Waals surface area (Å²) in [6.07, 6.45) is 0.811. The summed E-state index contributed by atoms with van der Waals surface area (Å²) in [6, 6.07) is 7.07. The lowest BCUT2D eigenvalue weighted by atomic mass is 10.1. The number of amides is 2. The summed E-state index contributed by atoms with van der Waals surface area (Å²) in [5.41, 5.74) is 2.06. The zero-order valence-electron chi connectivity index (χ0n) is 16.9. The molecule has 0 radical (unpaired) electrons. The third-order valence-corrected chi connectivity index (χ3v) is 4.74. The number of hydrogen-bond acceptors (Lipinski definition) is 6. The third kappa shape index (κ3) is 5.05. The number of carbonyl (C=O) groups is 2. The van der Waals surface area contributed by atoms with Crippen LogP contribution in [-0.4, -0.2) is 62.1 Å². The van der Waals surface area contributed by atoms with Gasteiger partial charge in [0.25, 0.3) is 5.91 Å². The second-order valence-electron chi connectivity index (χ2n) is 6.77. The van der Waals surface area contributed by atoms with E-state index < -0.39 is 0 Å². The number of fused-ring (bicyclic) bond motifs is 1. The average Bonchev–Trinajstić information content (AvgIpc) is 3.26. The normalized spacial score (nSPS) is 14.9. The van der Waals surface area contributed by atoms with E-state index in [4.69, 9.17) is 14.2 Å². The summed E-state index contributed by atoms with van der Waals surface area (Å²) in [6.45, 7) is 1.41. The van der Waals surface area contributed by atoms with Gasteiger partial charge in [-0.3, -0.25) is 14.3 Å². The van der Waals surface area contributed by atoms with Gasteiger partial charge in [-0.15, -0.1) is 0 Å². The van der Waals surface area contributed by atoms with Crippen LogP contribution in [0.3, 0.4) is 0 Å². The van der Waals surface area contributed by atoms with Crippen LogP contribution in [0.2, 0.25) is 0 Å². The molecule has 1 atom stereocenters. The van der Waals surface area contributed by atoms with Crippen LogP contribution in [0.4, 0.5) is 0 Å². The smallest absolute Gasteiger partial charge is 0.271 e. The molecule has 1 aliphatic rings. The van der Waals surface area contributed by atoms with Gasteiger partial charge >= 0.3 is 0 Å². The number of rotatable bonds is 9. The van der Waals surface area contributed by atoms with Gasteiger partial charge in [-0.25, -0.2) is 0 Å². The van der Waals surface area contributed by atoms with E-state index >= 15 is 0 Å². The number of hydrogen-bond donors (Lipinski definition) is 2. The number of nitrogens with zero attached hydrogens (tertiary/aromatic N) is 2. The van der Waals surface area contributed by atoms with Crippen LogP contribution < -0.4 is 20.1 Å². The molecule has 0 aliphatic carbocycles. The Bertz CT molecular complexity index is 856. The van der Waals surface area contributed by atoms with Crippen molar-refractivity contribution in [3.8, 4) is 11.5 Å². The molecule has 1 aromatic carbocycles. The number of aromatic nitrogens is 2. The number of ether oxygens (including phenoxy) is 3. The van der Waals surface area contributed by atoms with Crippen molar-refractivity contribution in [3.05, 3.63) is 41.2 Å². The molecule has 0 saturated carbocycles. The molecule has 2 heterocycles. The monoisotopic (exact) mass is 402 g/mol. The topological polar surface area (TPSA) is 104 Å². The molecule has 0 spiro atoms. The molecular formula is C20H26N4O5. The van der Waals surface area contributed by atoms with Crippen molar-refractivity contribution in [3.63, 3.8) is 0 Å². The van der Waals surface area contributed by atoms with Crippen molar-refractivity contribution in [1.29, 1.82) is 0 Å². The highest BCUT2D eigenvalue weighted by atomic mass is 16.5. The van der Waals surface area contributed by atoms with Crippen LogP contribution in [0.5, 0.6) is 11.5 Å². The van der Waals surface area contributed by atoms with Crippen LogP contribution in [-0.2, 0) is 28.9 Å². The Morgan fingerprint density at radius 2 is 2.03 bits per heavy atom. The van der Waals surface area contributed by atoms with E-state index in [9.17, 15) is 9.59 Å². The summed E-state index contributed by atoms with van der Waals surface area (Å²) in [5.74, 6) is 0.981. The zero-order valence-corrected chi connectivity index (χ0v) is 16.9. The van der Waals surface area contributed by atoms with Crippen molar-refractivity contribution in [2.45, 2.75) is 25.4 Å². The van der Waals surface area contributed by atoms with Gasteiger partial charge in [-0.05, 0) is 24.3 Å². The van der Waals surface area contributed by atoms with E-state index in [0.717, 1.165) is 11.3 Å². The first-order chi connectivity index (χ1) is 14.0. The predicted molar refractivity (Wildman–Crippen MR) is 105 cm³/mol. The van der Waals surface area contributed by atoms with Crippen LogP contribution in [0.25, 0.3) is 0 Å². The number of methoxy groups -OCH3 is 3. The van der Waals surface area contributed by atoms with Gasteiger partial charge in [0.2, 0.25) is 5.91 Å². The largest absolute Gasteiger partial charge is 0.497 e. The summed E-state index contributed by atoms with van der Waals surface area (Å²) in [4.78, 5) is 24.6. The van der Waals surface area contributed by atoms with E-state index in [0.29, 0.717) is 43.3 Å². The second kappa shape index (κ2) is 9.42. The minimum absolute atomic E-state index is 0.0628. The Hall–Kier alpha value is -3.07. The van der Waals surface area contributed by atoms with Crippen molar-refractivity contribution in [1.82, 2.24) is 20.4 Å². The number of nitrogens with one attached hydrogen (secondary N) is 2. The van der Waals surface area contributed by atoms with Gasteiger partial charge in [-0.2, -0.15) is 5.10 Å². The minimum atomic E-state index is -0.227. The fraction of sp³-hybridized carbons (Fsp3) is 0.450. The van der Waals surface area contributed by atoms with Crippen molar-refractivity contribution < 1.29 is 23.8 Å². The van der Waals surface area contributed by atoms with Gasteiger partial charge in [0.15, 0.2) is 0 Å². The molecule has 1 aliphatic heterocycles. The Kier molecular flexibility index (Phi) is 6.71. The maximum Gasteiger partial charge on any atom is 0.271 e. The third-order valence-electron chi connectivity index (χ3n) is 4.74. The Morgan fingerprint density at radius 1 is 1.21 bits per heavy atom. The fourth-order valence-electron chi connectivity index (χ4n) is 3.34. The van der Waals surface area contributed by atoms with Gasteiger partial charge in [-0.1, -0.05) is 0 Å². The summed E-state index contributed by atoms with van der Waals surface area (Å²) in [5, 5.41) is 10.1. The minimum Gasteiger partial charge on any atom is -0.497 e. The standard InChI is InChI=1S/C20H26N4O5/c1-27-7-6-21-20(26)17-11-15-10-14(12-24(15)23-17)22-19(25)9-13-8-16(28-2)4-5-18(13)29-3/h4-5,8,11,14H,6-7,9-10,12H2,1-3H3,(H,21,26)(H,22,25). The Labute approximate surface area is 169 Å². The zero-order chi connectivity index (χ0) is 20.8. The molecule has 0 bridgehead atoms. The quantitative estimate of drug-likeness (QED) is 0.594. The summed E-state index contributed by atoms with van der Waals surface area (Å²) in [7, 11) is 4.73. The lowest BCUT2D eigenvalue weighted by Crippen LogP contribution is -2.37. The number of carbonyl (C=O) groups excluding carboxylic acids is 2. The van der Waals surface area contributed by atoms with Crippen LogP contribution in [0.15, 0.2) is 24.3 Å². The highest BCUT2D eigenvalue weighted by Crippen LogP contribution is 2.24. The van der Waals surface area contributed by atoms with Gasteiger partial charge < -0.3 is 24.8 Å². The molecule has 0 saturated heterocycles. The first kappa shape index (κ1) is 20.7. The Balaban J connectivity index is 1.55. The molecular weight excluding hydrogens is 376 g/mol. The van der Waals surface area contributed by atoms with Gasteiger partial charge in [0.1, 0.15) is 17.2 Å². The highest BCUT2D eigenvalue weighted by Gasteiger charge is 2.26. The van der Waals surface area contributed by atoms with Crippen molar-refractivity contribution in [2.75, 3.05) is 34.5 Å². The maximum absolute atomic E-state index is 12.5. The van der Waals surface area contributed by atoms with E-state index in [1.54, 1.807) is 50.3 Å². The van der Waals surface area contributed by atoms with Gasteiger partial charge in [0, 0.05) is 31.3 Å². The van der Waals surface area contributed by atoms with Crippen LogP contribution in [0.1, 0.15) is 21.7 Å². The van der Waals surface area contributed by atoms with Gasteiger partial charge in [0.05, 0.1) is 39.8 Å². The lowest BCUT2D eigenvalue weighted by Gasteiger charge is -2.14. The molecule has 0 fully saturated rings. The first-order valence-electron chi connectivity index (χ1n) is 9.38. The summed E-state index contributed by atoms with van der Waals surface area (Å²) >= 11 is 0. The van der Waals surface area contributed by atoms with E-state index in [1.165, 1.54) is 0 Å². The second-order valence-corrected chi connectivity index (χ2v) is 6.77. The van der Waals surface area contributed by atoms with Crippen LogP contribution in [0, 0.1) is 0 Å². The van der Waals surface area contributed by atoms with E-state index in [2.05, 4.69) is 15.7 Å². The molecule has 1 aromatic heterocycles. The molecule has 156 valence electrons. The SMILES string of the molecule is COCCNC(=O)c1cc2n(n1)CC(NC(=O)Cc1cc(OC)ccc1OC)C2. The van der Waals surface area contributed by atoms with Crippen LogP contribution >= 0.6 is 0 Å². The average molecular weight is 402 g/mol. The molecule has 2 amide bonds. The van der Waals surface area contributed by atoms with Crippen molar-refractivity contribution >= 4 is 11.8 Å². The Morgan fingerprint density at radius 3 is 2.72 bits per heavy atom. The molecule has 3 rings (SSSR count). The molecule has 29 heavy (non-hydrogen) atoms. The highest BCUT2D eigenvalue weighted by molar-refractivity contribution is 5.92. The predicted octanol–water partition coefficient (Wildman–Crippen LogP) is 0.560.